The Morgan fingerprint density at radius 1 is 1.45 bits per heavy atom. The van der Waals surface area contributed by atoms with Crippen molar-refractivity contribution >= 4 is 11.9 Å². The summed E-state index contributed by atoms with van der Waals surface area (Å²) in [5.41, 5.74) is 0.873. The van der Waals surface area contributed by atoms with E-state index in [1.54, 1.807) is 17.9 Å². The van der Waals surface area contributed by atoms with Crippen LogP contribution >= 0.6 is 0 Å². The molecule has 0 aromatic heterocycles. The number of rotatable bonds is 5. The summed E-state index contributed by atoms with van der Waals surface area (Å²) in [6, 6.07) is 6.13. The maximum absolute atomic E-state index is 13.1. The first-order valence-electron chi connectivity index (χ1n) is 7.68. The maximum atomic E-state index is 13.1. The van der Waals surface area contributed by atoms with Gasteiger partial charge in [-0.2, -0.15) is 0 Å². The third-order valence-corrected chi connectivity index (χ3v) is 4.53. The molecule has 1 aliphatic rings. The average Bonchev–Trinajstić information content (AvgIpc) is 2.86. The minimum atomic E-state index is -0.838. The second kappa shape index (κ2) is 6.90. The van der Waals surface area contributed by atoms with Gasteiger partial charge in [-0.05, 0) is 43.9 Å². The van der Waals surface area contributed by atoms with Crippen LogP contribution in [0.1, 0.15) is 32.3 Å². The number of carboxylic acids is 1. The quantitative estimate of drug-likeness (QED) is 0.910. The number of likely N-dealkylation sites (tertiary alicyclic amines) is 1. The van der Waals surface area contributed by atoms with Crippen molar-refractivity contribution in [3.8, 4) is 0 Å². The summed E-state index contributed by atoms with van der Waals surface area (Å²) in [4.78, 5) is 25.3. The third-order valence-electron chi connectivity index (χ3n) is 4.53. The molecule has 0 saturated carbocycles. The molecule has 3 unspecified atom stereocenters. The van der Waals surface area contributed by atoms with Gasteiger partial charge in [-0.25, -0.2) is 4.39 Å². The number of amides is 1. The molecule has 4 nitrogen and oxygen atoms in total. The molecule has 0 bridgehead atoms. The van der Waals surface area contributed by atoms with Crippen molar-refractivity contribution in [3.05, 3.63) is 35.6 Å². The lowest BCUT2D eigenvalue weighted by Gasteiger charge is -2.26. The Bertz CT molecular complexity index is 561. The summed E-state index contributed by atoms with van der Waals surface area (Å²) in [5.74, 6) is -1.78. The van der Waals surface area contributed by atoms with Crippen LogP contribution in [-0.4, -0.2) is 34.5 Å². The molecule has 1 amide bonds. The molecule has 1 fully saturated rings. The van der Waals surface area contributed by atoms with E-state index in [0.717, 1.165) is 5.56 Å². The number of benzene rings is 1. The highest BCUT2D eigenvalue weighted by Crippen LogP contribution is 2.26. The topological polar surface area (TPSA) is 57.6 Å². The SMILES string of the molecule is CC(CCc1cccc(F)c1)C(=O)N1CCC(C(=O)O)C1C. The summed E-state index contributed by atoms with van der Waals surface area (Å²) in [5, 5.41) is 9.13. The Morgan fingerprint density at radius 3 is 2.77 bits per heavy atom. The normalized spacial score (nSPS) is 22.6. The zero-order valence-corrected chi connectivity index (χ0v) is 13.0. The number of hydrogen-bond donors (Lipinski definition) is 1. The van der Waals surface area contributed by atoms with E-state index < -0.39 is 11.9 Å². The molecule has 0 aliphatic carbocycles. The average molecular weight is 307 g/mol. The van der Waals surface area contributed by atoms with Gasteiger partial charge in [0, 0.05) is 18.5 Å². The predicted octanol–water partition coefficient (Wildman–Crippen LogP) is 2.72. The Kier molecular flexibility index (Phi) is 5.16. The zero-order valence-electron chi connectivity index (χ0n) is 13.0. The molecule has 5 heteroatoms. The van der Waals surface area contributed by atoms with E-state index in [4.69, 9.17) is 5.11 Å². The van der Waals surface area contributed by atoms with Gasteiger partial charge >= 0.3 is 5.97 Å². The minimum absolute atomic E-state index is 0.00680. The summed E-state index contributed by atoms with van der Waals surface area (Å²) < 4.78 is 13.1. The van der Waals surface area contributed by atoms with E-state index in [0.29, 0.717) is 25.8 Å². The van der Waals surface area contributed by atoms with E-state index >= 15 is 0 Å². The van der Waals surface area contributed by atoms with Crippen molar-refractivity contribution in [2.24, 2.45) is 11.8 Å². The molecule has 120 valence electrons. The van der Waals surface area contributed by atoms with Gasteiger partial charge in [-0.1, -0.05) is 19.1 Å². The molecule has 1 saturated heterocycles. The lowest BCUT2D eigenvalue weighted by atomic mass is 9.98. The molecular weight excluding hydrogens is 285 g/mol. The number of hydrogen-bond acceptors (Lipinski definition) is 2. The number of aryl methyl sites for hydroxylation is 1. The lowest BCUT2D eigenvalue weighted by Crippen LogP contribution is -2.40. The van der Waals surface area contributed by atoms with Crippen LogP contribution in [-0.2, 0) is 16.0 Å². The van der Waals surface area contributed by atoms with Crippen LogP contribution in [0.4, 0.5) is 4.39 Å². The van der Waals surface area contributed by atoms with Crippen LogP contribution in [0.25, 0.3) is 0 Å². The van der Waals surface area contributed by atoms with Gasteiger partial charge in [0.25, 0.3) is 0 Å². The number of carboxylic acid groups (broad SMARTS) is 1. The van der Waals surface area contributed by atoms with Crippen LogP contribution in [0, 0.1) is 17.7 Å². The zero-order chi connectivity index (χ0) is 16.3. The molecule has 1 aromatic carbocycles. The fourth-order valence-corrected chi connectivity index (χ4v) is 3.06. The first-order chi connectivity index (χ1) is 10.4. The number of carbonyl (C=O) groups is 2. The van der Waals surface area contributed by atoms with Gasteiger partial charge in [0.05, 0.1) is 5.92 Å². The predicted molar refractivity (Wildman–Crippen MR) is 80.8 cm³/mol. The molecule has 2 rings (SSSR count). The minimum Gasteiger partial charge on any atom is -0.481 e. The number of halogens is 1. The molecule has 3 atom stereocenters. The second-order valence-corrected chi connectivity index (χ2v) is 6.08. The highest BCUT2D eigenvalue weighted by molar-refractivity contribution is 5.81. The van der Waals surface area contributed by atoms with Crippen molar-refractivity contribution < 1.29 is 19.1 Å². The molecule has 0 spiro atoms. The van der Waals surface area contributed by atoms with Crippen molar-refractivity contribution in [1.29, 1.82) is 0 Å². The lowest BCUT2D eigenvalue weighted by molar-refractivity contribution is -0.143. The second-order valence-electron chi connectivity index (χ2n) is 6.08. The van der Waals surface area contributed by atoms with Crippen molar-refractivity contribution in [1.82, 2.24) is 4.90 Å². The Balaban J connectivity index is 1.91. The molecule has 22 heavy (non-hydrogen) atoms. The fourth-order valence-electron chi connectivity index (χ4n) is 3.06. The largest absolute Gasteiger partial charge is 0.481 e. The summed E-state index contributed by atoms with van der Waals surface area (Å²) in [6.45, 7) is 4.15. The standard InChI is InChI=1S/C17H22FNO3/c1-11(6-7-13-4-3-5-14(18)10-13)16(20)19-9-8-15(12(19)2)17(21)22/h3-5,10-12,15H,6-9H2,1-2H3,(H,21,22). The van der Waals surface area contributed by atoms with Gasteiger partial charge in [-0.3, -0.25) is 9.59 Å². The van der Waals surface area contributed by atoms with Gasteiger partial charge < -0.3 is 10.0 Å². The molecule has 1 heterocycles. The number of aliphatic carboxylic acids is 1. The van der Waals surface area contributed by atoms with Gasteiger partial charge in [0.1, 0.15) is 5.82 Å². The van der Waals surface area contributed by atoms with E-state index in [-0.39, 0.29) is 23.7 Å². The summed E-state index contributed by atoms with van der Waals surface area (Å²) in [7, 11) is 0. The van der Waals surface area contributed by atoms with Crippen LogP contribution in [0.3, 0.4) is 0 Å². The molecule has 0 radical (unpaired) electrons. The fraction of sp³-hybridized carbons (Fsp3) is 0.529. The highest BCUT2D eigenvalue weighted by atomic mass is 19.1. The van der Waals surface area contributed by atoms with Crippen molar-refractivity contribution in [3.63, 3.8) is 0 Å². The molecule has 1 aromatic rings. The molecule has 1 N–H and O–H groups in total. The Morgan fingerprint density at radius 2 is 2.18 bits per heavy atom. The van der Waals surface area contributed by atoms with E-state index in [1.807, 2.05) is 13.0 Å². The third kappa shape index (κ3) is 3.64. The summed E-state index contributed by atoms with van der Waals surface area (Å²) >= 11 is 0. The van der Waals surface area contributed by atoms with Crippen molar-refractivity contribution in [2.45, 2.75) is 39.2 Å². The maximum Gasteiger partial charge on any atom is 0.308 e. The Hall–Kier alpha value is -1.91. The van der Waals surface area contributed by atoms with Crippen molar-refractivity contribution in [2.75, 3.05) is 6.54 Å². The van der Waals surface area contributed by atoms with E-state index in [9.17, 15) is 14.0 Å². The van der Waals surface area contributed by atoms with E-state index in [2.05, 4.69) is 0 Å². The van der Waals surface area contributed by atoms with E-state index in [1.165, 1.54) is 12.1 Å². The van der Waals surface area contributed by atoms with Gasteiger partial charge in [0.2, 0.25) is 5.91 Å². The number of nitrogens with zero attached hydrogens (tertiary/aromatic N) is 1. The van der Waals surface area contributed by atoms with Gasteiger partial charge in [0.15, 0.2) is 0 Å². The van der Waals surface area contributed by atoms with Gasteiger partial charge in [-0.15, -0.1) is 0 Å². The van der Waals surface area contributed by atoms with Crippen LogP contribution in [0.5, 0.6) is 0 Å². The molecular formula is C17H22FNO3. The Labute approximate surface area is 129 Å². The van der Waals surface area contributed by atoms with Crippen LogP contribution in [0.15, 0.2) is 24.3 Å². The van der Waals surface area contributed by atoms with Crippen LogP contribution < -0.4 is 0 Å². The molecule has 1 aliphatic heterocycles. The first-order valence-corrected chi connectivity index (χ1v) is 7.68. The monoisotopic (exact) mass is 307 g/mol. The number of carbonyl (C=O) groups excluding carboxylic acids is 1. The summed E-state index contributed by atoms with van der Waals surface area (Å²) in [6.07, 6.45) is 1.78. The highest BCUT2D eigenvalue weighted by Gasteiger charge is 2.39. The smallest absolute Gasteiger partial charge is 0.308 e. The van der Waals surface area contributed by atoms with Crippen LogP contribution in [0.2, 0.25) is 0 Å². The first kappa shape index (κ1) is 16.5.